The fourth-order valence-corrected chi connectivity index (χ4v) is 3.94. The molecule has 1 N–H and O–H groups in total. The number of rotatable bonds is 6. The number of amides is 1. The largest absolute Gasteiger partial charge is 0.484 e. The third kappa shape index (κ3) is 4.38. The number of hydrogen-bond acceptors (Lipinski definition) is 4. The number of ether oxygens (including phenoxy) is 1. The molecule has 3 aromatic carbocycles. The van der Waals surface area contributed by atoms with E-state index in [1.165, 1.54) is 27.7 Å². The fraction of sp³-hybridized carbons (Fsp3) is 0.130. The summed E-state index contributed by atoms with van der Waals surface area (Å²) in [4.78, 5) is 17.6. The highest BCUT2D eigenvalue weighted by Crippen LogP contribution is 2.25. The van der Waals surface area contributed by atoms with Gasteiger partial charge in [0.25, 0.3) is 5.91 Å². The van der Waals surface area contributed by atoms with E-state index in [0.717, 1.165) is 16.9 Å². The van der Waals surface area contributed by atoms with Gasteiger partial charge in [0.2, 0.25) is 0 Å². The molecule has 0 aliphatic rings. The van der Waals surface area contributed by atoms with Crippen LogP contribution in [0.15, 0.2) is 72.9 Å². The number of carbonyl (C=O) groups excluding carboxylic acids is 1. The lowest BCUT2D eigenvalue weighted by atomic mass is 10.0. The van der Waals surface area contributed by atoms with E-state index in [2.05, 4.69) is 46.7 Å². The Morgan fingerprint density at radius 3 is 2.79 bits per heavy atom. The Balaban J connectivity index is 1.38. The second kappa shape index (κ2) is 8.23. The average molecular weight is 388 g/mol. The molecule has 0 atom stereocenters. The smallest absolute Gasteiger partial charge is 0.264 e. The number of aryl methyl sites for hydroxylation is 1. The van der Waals surface area contributed by atoms with Crippen LogP contribution in [0.2, 0.25) is 0 Å². The summed E-state index contributed by atoms with van der Waals surface area (Å²) >= 11 is 1.49. The minimum atomic E-state index is -0.215. The molecule has 0 aliphatic heterocycles. The van der Waals surface area contributed by atoms with Crippen LogP contribution in [0.1, 0.15) is 16.0 Å². The highest BCUT2D eigenvalue weighted by Gasteiger charge is 2.09. The molecule has 5 heteroatoms. The Morgan fingerprint density at radius 1 is 1.07 bits per heavy atom. The van der Waals surface area contributed by atoms with Gasteiger partial charge in [-0.25, -0.2) is 4.98 Å². The third-order valence-electron chi connectivity index (χ3n) is 4.40. The normalized spacial score (nSPS) is 10.8. The summed E-state index contributed by atoms with van der Waals surface area (Å²) in [6, 6.07) is 22.3. The number of hydrogen-bond donors (Lipinski definition) is 1. The van der Waals surface area contributed by atoms with Gasteiger partial charge in [0.05, 0.1) is 0 Å². The maximum absolute atomic E-state index is 12.1. The molecule has 1 amide bonds. The summed E-state index contributed by atoms with van der Waals surface area (Å²) in [7, 11) is 0. The van der Waals surface area contributed by atoms with Crippen LogP contribution >= 0.6 is 11.3 Å². The molecule has 0 saturated heterocycles. The predicted molar refractivity (Wildman–Crippen MR) is 114 cm³/mol. The van der Waals surface area contributed by atoms with Crippen molar-refractivity contribution >= 4 is 33.1 Å². The zero-order valence-electron chi connectivity index (χ0n) is 15.5. The van der Waals surface area contributed by atoms with Gasteiger partial charge in [-0.05, 0) is 41.0 Å². The molecule has 1 heterocycles. The zero-order valence-corrected chi connectivity index (χ0v) is 16.3. The Labute approximate surface area is 167 Å². The molecule has 0 unspecified atom stereocenters. The van der Waals surface area contributed by atoms with Crippen LogP contribution < -0.4 is 10.1 Å². The molecule has 0 aliphatic carbocycles. The summed E-state index contributed by atoms with van der Waals surface area (Å²) in [5.41, 5.74) is 2.35. The van der Waals surface area contributed by atoms with Crippen molar-refractivity contribution in [3.63, 3.8) is 0 Å². The van der Waals surface area contributed by atoms with Crippen LogP contribution in [0, 0.1) is 6.92 Å². The van der Waals surface area contributed by atoms with Gasteiger partial charge in [-0.3, -0.25) is 10.1 Å². The first-order chi connectivity index (χ1) is 13.7. The molecule has 0 saturated carbocycles. The van der Waals surface area contributed by atoms with Gasteiger partial charge in [-0.1, -0.05) is 54.6 Å². The van der Waals surface area contributed by atoms with Crippen molar-refractivity contribution in [2.45, 2.75) is 13.3 Å². The van der Waals surface area contributed by atoms with Crippen molar-refractivity contribution in [1.29, 1.82) is 0 Å². The summed E-state index contributed by atoms with van der Waals surface area (Å²) in [5, 5.41) is 5.88. The standard InChI is InChI=1S/C23H20N2O2S/c1-16-6-4-10-19(12-16)27-15-22(26)25-23-24-14-20(28-23)13-18-9-5-8-17-7-2-3-11-21(17)18/h2-12,14H,13,15H2,1H3,(H,24,25,26). The quantitative estimate of drug-likeness (QED) is 0.493. The van der Waals surface area contributed by atoms with Crippen molar-refractivity contribution in [2.75, 3.05) is 11.9 Å². The monoisotopic (exact) mass is 388 g/mol. The van der Waals surface area contributed by atoms with Gasteiger partial charge in [-0.2, -0.15) is 0 Å². The molecule has 1 aromatic heterocycles. The summed E-state index contributed by atoms with van der Waals surface area (Å²) < 4.78 is 5.54. The minimum absolute atomic E-state index is 0.0400. The van der Waals surface area contributed by atoms with Crippen LogP contribution in [-0.2, 0) is 11.2 Å². The first-order valence-electron chi connectivity index (χ1n) is 9.08. The van der Waals surface area contributed by atoms with Gasteiger partial charge in [0, 0.05) is 17.5 Å². The highest BCUT2D eigenvalue weighted by molar-refractivity contribution is 7.15. The number of nitrogens with one attached hydrogen (secondary N) is 1. The Morgan fingerprint density at radius 2 is 1.89 bits per heavy atom. The summed E-state index contributed by atoms with van der Waals surface area (Å²) in [6.07, 6.45) is 2.61. The maximum atomic E-state index is 12.1. The molecule has 0 fully saturated rings. The van der Waals surface area contributed by atoms with E-state index < -0.39 is 0 Å². The average Bonchev–Trinajstić information content (AvgIpc) is 3.13. The molecule has 4 aromatic rings. The topological polar surface area (TPSA) is 51.2 Å². The first kappa shape index (κ1) is 18.2. The van der Waals surface area contributed by atoms with Crippen molar-refractivity contribution in [3.8, 4) is 5.75 Å². The third-order valence-corrected chi connectivity index (χ3v) is 5.32. The molecule has 0 bridgehead atoms. The Kier molecular flexibility index (Phi) is 5.35. The van der Waals surface area contributed by atoms with Gasteiger partial charge < -0.3 is 4.74 Å². The van der Waals surface area contributed by atoms with E-state index in [4.69, 9.17) is 4.74 Å². The van der Waals surface area contributed by atoms with E-state index in [0.29, 0.717) is 10.9 Å². The number of carbonyl (C=O) groups is 1. The van der Waals surface area contributed by atoms with Crippen LogP contribution in [0.3, 0.4) is 0 Å². The SMILES string of the molecule is Cc1cccc(OCC(=O)Nc2ncc(Cc3cccc4ccccc34)s2)c1. The number of fused-ring (bicyclic) bond motifs is 1. The lowest BCUT2D eigenvalue weighted by Gasteiger charge is -2.06. The van der Waals surface area contributed by atoms with Crippen LogP contribution in [0.4, 0.5) is 5.13 Å². The maximum Gasteiger partial charge on any atom is 0.264 e. The molecule has 0 radical (unpaired) electrons. The first-order valence-corrected chi connectivity index (χ1v) is 9.90. The number of thiazole rings is 1. The van der Waals surface area contributed by atoms with E-state index in [1.807, 2.05) is 43.5 Å². The predicted octanol–water partition coefficient (Wildman–Crippen LogP) is 5.21. The lowest BCUT2D eigenvalue weighted by Crippen LogP contribution is -2.19. The Hall–Kier alpha value is -3.18. The molecule has 0 spiro atoms. The molecule has 4 nitrogen and oxygen atoms in total. The highest BCUT2D eigenvalue weighted by atomic mass is 32.1. The zero-order chi connectivity index (χ0) is 19.3. The number of anilines is 1. The number of benzene rings is 3. The van der Waals surface area contributed by atoms with Crippen LogP contribution in [0.25, 0.3) is 10.8 Å². The van der Waals surface area contributed by atoms with E-state index in [1.54, 1.807) is 0 Å². The Bertz CT molecular complexity index is 1120. The van der Waals surface area contributed by atoms with E-state index >= 15 is 0 Å². The van der Waals surface area contributed by atoms with Crippen molar-refractivity contribution in [1.82, 2.24) is 4.98 Å². The molecule has 4 rings (SSSR count). The van der Waals surface area contributed by atoms with Crippen molar-refractivity contribution in [3.05, 3.63) is 88.9 Å². The van der Waals surface area contributed by atoms with Gasteiger partial charge >= 0.3 is 0 Å². The molecule has 140 valence electrons. The van der Waals surface area contributed by atoms with Crippen molar-refractivity contribution in [2.24, 2.45) is 0 Å². The minimum Gasteiger partial charge on any atom is -0.484 e. The summed E-state index contributed by atoms with van der Waals surface area (Å²) in [6.45, 7) is 1.95. The second-order valence-electron chi connectivity index (χ2n) is 6.60. The molecular weight excluding hydrogens is 368 g/mol. The fourth-order valence-electron chi connectivity index (χ4n) is 3.09. The summed E-state index contributed by atoms with van der Waals surface area (Å²) in [5.74, 6) is 0.471. The van der Waals surface area contributed by atoms with Gasteiger partial charge in [0.1, 0.15) is 5.75 Å². The van der Waals surface area contributed by atoms with Crippen molar-refractivity contribution < 1.29 is 9.53 Å². The lowest BCUT2D eigenvalue weighted by molar-refractivity contribution is -0.118. The number of aromatic nitrogens is 1. The van der Waals surface area contributed by atoms with Gasteiger partial charge in [-0.15, -0.1) is 11.3 Å². The second-order valence-corrected chi connectivity index (χ2v) is 7.72. The molecular formula is C23H20N2O2S. The molecule has 28 heavy (non-hydrogen) atoms. The van der Waals surface area contributed by atoms with E-state index in [9.17, 15) is 4.79 Å². The van der Waals surface area contributed by atoms with Crippen LogP contribution in [-0.4, -0.2) is 17.5 Å². The van der Waals surface area contributed by atoms with Gasteiger partial charge in [0.15, 0.2) is 11.7 Å². The number of nitrogens with zero attached hydrogens (tertiary/aromatic N) is 1. The van der Waals surface area contributed by atoms with Crippen LogP contribution in [0.5, 0.6) is 5.75 Å². The van der Waals surface area contributed by atoms with E-state index in [-0.39, 0.29) is 12.5 Å².